The van der Waals surface area contributed by atoms with Gasteiger partial charge in [-0.1, -0.05) is 39.9 Å². The third-order valence-electron chi connectivity index (χ3n) is 3.70. The van der Waals surface area contributed by atoms with E-state index in [-0.39, 0.29) is 11.7 Å². The highest BCUT2D eigenvalue weighted by Gasteiger charge is 2.33. The summed E-state index contributed by atoms with van der Waals surface area (Å²) >= 11 is 9.91. The maximum Gasteiger partial charge on any atom is 0.270 e. The Hall–Kier alpha value is -2.03. The van der Waals surface area contributed by atoms with Gasteiger partial charge in [0.15, 0.2) is 15.8 Å². The number of rotatable bonds is 4. The first kappa shape index (κ1) is 18.8. The normalized spacial score (nSPS) is 15.7. The summed E-state index contributed by atoms with van der Waals surface area (Å²) in [5.41, 5.74) is 1.12. The maximum absolute atomic E-state index is 12.8. The fourth-order valence-electron chi connectivity index (χ4n) is 2.42. The van der Waals surface area contributed by atoms with Crippen LogP contribution in [0.3, 0.4) is 0 Å². The molecular weight excluding hydrogens is 438 g/mol. The molecule has 1 fully saturated rings. The van der Waals surface area contributed by atoms with Gasteiger partial charge in [-0.3, -0.25) is 9.69 Å². The summed E-state index contributed by atoms with van der Waals surface area (Å²) < 4.78 is 11.4. The van der Waals surface area contributed by atoms with Gasteiger partial charge in [0.2, 0.25) is 0 Å². The number of thioether (sulfide) groups is 1. The Morgan fingerprint density at radius 2 is 1.88 bits per heavy atom. The van der Waals surface area contributed by atoms with Crippen LogP contribution in [0.15, 0.2) is 45.8 Å². The van der Waals surface area contributed by atoms with Crippen molar-refractivity contribution in [3.63, 3.8) is 0 Å². The number of phenolic OH excluding ortho intramolecular Hbond substituents is 1. The number of carbonyl (C=O) groups excluding carboxylic acids is 1. The second-order valence-corrected chi connectivity index (χ2v) is 7.85. The zero-order valence-corrected chi connectivity index (χ0v) is 17.1. The number of thiocarbonyl (C=S) groups is 1. The minimum absolute atomic E-state index is 0.0367. The average Bonchev–Trinajstić information content (AvgIpc) is 2.91. The van der Waals surface area contributed by atoms with Crippen molar-refractivity contribution < 1.29 is 19.4 Å². The molecule has 0 aromatic heterocycles. The Morgan fingerprint density at radius 1 is 1.19 bits per heavy atom. The van der Waals surface area contributed by atoms with Crippen molar-refractivity contribution in [2.75, 3.05) is 19.1 Å². The zero-order valence-electron chi connectivity index (χ0n) is 13.9. The number of ether oxygens (including phenoxy) is 2. The predicted molar refractivity (Wildman–Crippen MR) is 111 cm³/mol. The summed E-state index contributed by atoms with van der Waals surface area (Å²) in [5.74, 6) is 0.728. The van der Waals surface area contributed by atoms with Gasteiger partial charge in [0.05, 0.1) is 24.8 Å². The van der Waals surface area contributed by atoms with Crippen molar-refractivity contribution >= 4 is 61.9 Å². The van der Waals surface area contributed by atoms with Crippen molar-refractivity contribution in [2.45, 2.75) is 0 Å². The van der Waals surface area contributed by atoms with Gasteiger partial charge in [-0.05, 0) is 42.5 Å². The molecular formula is C18H14BrNO4S2. The van der Waals surface area contributed by atoms with Gasteiger partial charge in [-0.25, -0.2) is 0 Å². The number of benzene rings is 2. The smallest absolute Gasteiger partial charge is 0.270 e. The molecule has 2 aromatic carbocycles. The molecule has 1 aliphatic heterocycles. The molecule has 3 rings (SSSR count). The van der Waals surface area contributed by atoms with Gasteiger partial charge in [0.25, 0.3) is 5.91 Å². The Labute approximate surface area is 168 Å². The lowest BCUT2D eigenvalue weighted by molar-refractivity contribution is -0.113. The maximum atomic E-state index is 12.8. The third kappa shape index (κ3) is 3.58. The summed E-state index contributed by atoms with van der Waals surface area (Å²) in [7, 11) is 3.05. The quantitative estimate of drug-likeness (QED) is 0.542. The molecule has 0 bridgehead atoms. The molecule has 134 valence electrons. The molecule has 0 spiro atoms. The van der Waals surface area contributed by atoms with Gasteiger partial charge >= 0.3 is 0 Å². The Balaban J connectivity index is 1.96. The summed E-state index contributed by atoms with van der Waals surface area (Å²) in [6.45, 7) is 0. The summed E-state index contributed by atoms with van der Waals surface area (Å²) in [5, 5.41) is 10.3. The minimum Gasteiger partial charge on any atom is -0.504 e. The van der Waals surface area contributed by atoms with E-state index in [9.17, 15) is 9.90 Å². The molecule has 8 heteroatoms. The molecule has 1 heterocycles. The van der Waals surface area contributed by atoms with E-state index in [0.717, 1.165) is 4.47 Å². The average molecular weight is 452 g/mol. The van der Waals surface area contributed by atoms with E-state index in [0.29, 0.717) is 32.0 Å². The van der Waals surface area contributed by atoms with Crippen LogP contribution in [-0.4, -0.2) is 29.6 Å². The van der Waals surface area contributed by atoms with Gasteiger partial charge in [0, 0.05) is 10.0 Å². The molecule has 1 amide bonds. The van der Waals surface area contributed by atoms with E-state index >= 15 is 0 Å². The second-order valence-electron chi connectivity index (χ2n) is 5.26. The lowest BCUT2D eigenvalue weighted by Gasteiger charge is -2.14. The van der Waals surface area contributed by atoms with E-state index in [1.54, 1.807) is 49.6 Å². The van der Waals surface area contributed by atoms with Crippen LogP contribution in [0.5, 0.6) is 17.2 Å². The molecule has 1 aliphatic rings. The standard InChI is InChI=1S/C18H14BrNO4S2/c1-23-13-5-3-12(4-6-13)20-17(22)15(26-18(20)25)8-10-7-11(19)9-14(24-2)16(10)21/h3-9,21H,1-2H3/b15-8-. The molecule has 5 nitrogen and oxygen atoms in total. The fourth-order valence-corrected chi connectivity index (χ4v) is 4.17. The van der Waals surface area contributed by atoms with Crippen LogP contribution in [0, 0.1) is 0 Å². The Kier molecular flexibility index (Phi) is 5.55. The third-order valence-corrected chi connectivity index (χ3v) is 5.46. The van der Waals surface area contributed by atoms with Crippen LogP contribution >= 0.6 is 39.9 Å². The number of aromatic hydroxyl groups is 1. The highest BCUT2D eigenvalue weighted by molar-refractivity contribution is 9.10. The molecule has 1 N–H and O–H groups in total. The summed E-state index contributed by atoms with van der Waals surface area (Å²) in [6.07, 6.45) is 1.60. The number of hydrogen-bond donors (Lipinski definition) is 1. The van der Waals surface area contributed by atoms with Crippen molar-refractivity contribution in [2.24, 2.45) is 0 Å². The van der Waals surface area contributed by atoms with Gasteiger partial charge in [-0.2, -0.15) is 0 Å². The van der Waals surface area contributed by atoms with E-state index in [1.807, 2.05) is 0 Å². The van der Waals surface area contributed by atoms with Gasteiger partial charge < -0.3 is 14.6 Å². The SMILES string of the molecule is COc1ccc(N2C(=O)/C(=C/c3cc(Br)cc(OC)c3O)SC2=S)cc1. The van der Waals surface area contributed by atoms with Crippen LogP contribution in [0.4, 0.5) is 5.69 Å². The van der Waals surface area contributed by atoms with Crippen molar-refractivity contribution in [3.05, 3.63) is 51.3 Å². The van der Waals surface area contributed by atoms with Crippen LogP contribution in [0.1, 0.15) is 5.56 Å². The van der Waals surface area contributed by atoms with E-state index in [2.05, 4.69) is 15.9 Å². The minimum atomic E-state index is -0.247. The lowest BCUT2D eigenvalue weighted by Crippen LogP contribution is -2.27. The molecule has 0 aliphatic carbocycles. The second kappa shape index (κ2) is 7.69. The first-order valence-electron chi connectivity index (χ1n) is 7.43. The number of phenols is 1. The monoisotopic (exact) mass is 451 g/mol. The van der Waals surface area contributed by atoms with E-state index in [4.69, 9.17) is 21.7 Å². The van der Waals surface area contributed by atoms with Crippen LogP contribution in [0.2, 0.25) is 0 Å². The molecule has 1 saturated heterocycles. The summed E-state index contributed by atoms with van der Waals surface area (Å²) in [4.78, 5) is 14.7. The van der Waals surface area contributed by atoms with Gasteiger partial charge in [-0.15, -0.1) is 0 Å². The molecule has 0 saturated carbocycles. The van der Waals surface area contributed by atoms with Crippen molar-refractivity contribution in [3.8, 4) is 17.2 Å². The Bertz CT molecular complexity index is 912. The van der Waals surface area contributed by atoms with Crippen molar-refractivity contribution in [1.82, 2.24) is 0 Å². The van der Waals surface area contributed by atoms with Crippen molar-refractivity contribution in [1.29, 1.82) is 0 Å². The van der Waals surface area contributed by atoms with E-state index in [1.165, 1.54) is 23.8 Å². The molecule has 0 radical (unpaired) electrons. The topological polar surface area (TPSA) is 59.0 Å². The predicted octanol–water partition coefficient (Wildman–Crippen LogP) is 4.58. The first-order chi connectivity index (χ1) is 12.4. The number of methoxy groups -OCH3 is 2. The summed E-state index contributed by atoms with van der Waals surface area (Å²) in [6, 6.07) is 10.4. The number of anilines is 1. The molecule has 0 atom stereocenters. The number of amides is 1. The molecule has 2 aromatic rings. The lowest BCUT2D eigenvalue weighted by atomic mass is 10.1. The molecule has 0 unspecified atom stereocenters. The van der Waals surface area contributed by atoms with Crippen LogP contribution in [-0.2, 0) is 4.79 Å². The highest BCUT2D eigenvalue weighted by Crippen LogP contribution is 2.40. The molecule has 26 heavy (non-hydrogen) atoms. The number of halogens is 1. The number of nitrogens with zero attached hydrogens (tertiary/aromatic N) is 1. The van der Waals surface area contributed by atoms with Crippen LogP contribution in [0.25, 0.3) is 6.08 Å². The zero-order chi connectivity index (χ0) is 18.8. The highest BCUT2D eigenvalue weighted by atomic mass is 79.9. The van der Waals surface area contributed by atoms with Crippen LogP contribution < -0.4 is 14.4 Å². The number of carbonyl (C=O) groups is 1. The van der Waals surface area contributed by atoms with E-state index < -0.39 is 0 Å². The Morgan fingerprint density at radius 3 is 2.50 bits per heavy atom. The largest absolute Gasteiger partial charge is 0.504 e. The first-order valence-corrected chi connectivity index (χ1v) is 9.45. The number of hydrogen-bond acceptors (Lipinski definition) is 6. The van der Waals surface area contributed by atoms with Gasteiger partial charge in [0.1, 0.15) is 5.75 Å². The fraction of sp³-hybridized carbons (Fsp3) is 0.111.